The van der Waals surface area contributed by atoms with Crippen molar-refractivity contribution in [1.82, 2.24) is 5.32 Å². The molecule has 1 N–H and O–H groups in total. The van der Waals surface area contributed by atoms with Crippen molar-refractivity contribution in [2.75, 3.05) is 0 Å². The van der Waals surface area contributed by atoms with E-state index in [0.29, 0.717) is 5.70 Å². The van der Waals surface area contributed by atoms with Crippen molar-refractivity contribution < 1.29 is 4.79 Å². The molecule has 5 heteroatoms. The molecule has 1 unspecified atom stereocenters. The average Bonchev–Trinajstić information content (AvgIpc) is 1.84. The predicted molar refractivity (Wildman–Crippen MR) is 44.5 cm³/mol. The summed E-state index contributed by atoms with van der Waals surface area (Å²) < 4.78 is 0. The molecule has 0 aromatic carbocycles. The fourth-order valence-electron chi connectivity index (χ4n) is 0.741. The lowest BCUT2D eigenvalue weighted by atomic mass is 10.2. The number of hydrogen-bond acceptors (Lipinski definition) is 3. The second-order valence-corrected chi connectivity index (χ2v) is 3.06. The van der Waals surface area contributed by atoms with Gasteiger partial charge in [-0.15, -0.1) is 0 Å². The zero-order valence-corrected chi connectivity index (χ0v) is 7.20. The second-order valence-electron chi connectivity index (χ2n) is 2.13. The standard InChI is InChI=1S/C6H5Cl2N2O/c1-4-2-6(8,3-11)10-5(7)9-4/h2H,1H3,(H,9,10). The van der Waals surface area contributed by atoms with E-state index in [1.165, 1.54) is 6.08 Å². The van der Waals surface area contributed by atoms with Gasteiger partial charge >= 0.3 is 0 Å². The van der Waals surface area contributed by atoms with Crippen LogP contribution in [0.2, 0.25) is 0 Å². The molecule has 0 aromatic heterocycles. The number of rotatable bonds is 1. The zero-order valence-electron chi connectivity index (χ0n) is 5.69. The van der Waals surface area contributed by atoms with E-state index in [1.807, 2.05) is 0 Å². The number of nitrogens with one attached hydrogen (secondary N) is 1. The van der Waals surface area contributed by atoms with Gasteiger partial charge in [0.15, 0.2) is 5.29 Å². The highest BCUT2D eigenvalue weighted by molar-refractivity contribution is 6.65. The number of carbonyl (C=O) groups excluding carboxylic acids is 1. The maximum Gasteiger partial charge on any atom is 0.249 e. The van der Waals surface area contributed by atoms with Crippen molar-refractivity contribution in [3.63, 3.8) is 0 Å². The molecule has 0 bridgehead atoms. The molecule has 0 aromatic rings. The van der Waals surface area contributed by atoms with Crippen LogP contribution in [-0.2, 0) is 4.79 Å². The van der Waals surface area contributed by atoms with Gasteiger partial charge in [0.25, 0.3) is 0 Å². The number of amidine groups is 1. The first-order valence-electron chi connectivity index (χ1n) is 2.86. The van der Waals surface area contributed by atoms with Crippen LogP contribution in [0.3, 0.4) is 0 Å². The van der Waals surface area contributed by atoms with E-state index in [0.717, 1.165) is 0 Å². The summed E-state index contributed by atoms with van der Waals surface area (Å²) in [6.07, 6.45) is 3.01. The Hall–Kier alpha value is -0.540. The lowest BCUT2D eigenvalue weighted by Crippen LogP contribution is -2.31. The van der Waals surface area contributed by atoms with Crippen molar-refractivity contribution in [1.29, 1.82) is 0 Å². The van der Waals surface area contributed by atoms with Gasteiger partial charge in [-0.25, -0.2) is 4.99 Å². The van der Waals surface area contributed by atoms with E-state index in [4.69, 9.17) is 23.2 Å². The molecule has 1 heterocycles. The van der Waals surface area contributed by atoms with Crippen LogP contribution < -0.4 is 5.32 Å². The Bertz CT molecular complexity index is 229. The number of alkyl halides is 1. The first-order chi connectivity index (χ1) is 5.06. The molecular formula is C6H5Cl2N2O. The van der Waals surface area contributed by atoms with Crippen LogP contribution in [0.15, 0.2) is 16.8 Å². The molecule has 0 saturated heterocycles. The van der Waals surface area contributed by atoms with Crippen molar-refractivity contribution in [2.45, 2.75) is 11.9 Å². The monoisotopic (exact) mass is 191 g/mol. The SMILES string of the molecule is CC1=CC(Cl)([C]=O)N=C(Cl)N1. The largest absolute Gasteiger partial charge is 0.335 e. The third-order valence-electron chi connectivity index (χ3n) is 1.11. The quantitative estimate of drug-likeness (QED) is 0.499. The lowest BCUT2D eigenvalue weighted by Gasteiger charge is -2.18. The maximum atomic E-state index is 10.3. The van der Waals surface area contributed by atoms with Crippen LogP contribution in [0.5, 0.6) is 0 Å². The number of aliphatic imine (C=N–C) groups is 1. The smallest absolute Gasteiger partial charge is 0.249 e. The summed E-state index contributed by atoms with van der Waals surface area (Å²) in [7, 11) is 0. The van der Waals surface area contributed by atoms with Crippen LogP contribution in [0, 0.1) is 0 Å². The minimum Gasteiger partial charge on any atom is -0.335 e. The Kier molecular flexibility index (Phi) is 2.20. The maximum absolute atomic E-state index is 10.3. The van der Waals surface area contributed by atoms with Gasteiger partial charge in [-0.05, 0) is 24.6 Å². The molecule has 1 rings (SSSR count). The molecule has 0 spiro atoms. The normalized spacial score (nSPS) is 30.1. The van der Waals surface area contributed by atoms with Gasteiger partial charge in [-0.3, -0.25) is 4.79 Å². The molecule has 1 atom stereocenters. The molecular weight excluding hydrogens is 187 g/mol. The van der Waals surface area contributed by atoms with E-state index in [1.54, 1.807) is 13.2 Å². The Morgan fingerprint density at radius 3 is 2.91 bits per heavy atom. The van der Waals surface area contributed by atoms with E-state index in [2.05, 4.69) is 10.3 Å². The van der Waals surface area contributed by atoms with Crippen molar-refractivity contribution in [2.24, 2.45) is 4.99 Å². The third kappa shape index (κ3) is 1.94. The molecule has 1 aliphatic rings. The number of allylic oxidation sites excluding steroid dienone is 1. The number of nitrogens with zero attached hydrogens (tertiary/aromatic N) is 1. The molecule has 0 amide bonds. The van der Waals surface area contributed by atoms with Gasteiger partial charge in [0.05, 0.1) is 0 Å². The van der Waals surface area contributed by atoms with Crippen molar-refractivity contribution in [3.05, 3.63) is 11.8 Å². The highest BCUT2D eigenvalue weighted by Gasteiger charge is 2.27. The molecule has 11 heavy (non-hydrogen) atoms. The summed E-state index contributed by atoms with van der Waals surface area (Å²) in [5.74, 6) is 0. The van der Waals surface area contributed by atoms with Gasteiger partial charge in [0.2, 0.25) is 11.3 Å². The average molecular weight is 192 g/mol. The molecule has 3 nitrogen and oxygen atoms in total. The fraction of sp³-hybridized carbons (Fsp3) is 0.333. The third-order valence-corrected chi connectivity index (χ3v) is 1.56. The Labute approximate surface area is 74.1 Å². The van der Waals surface area contributed by atoms with E-state index in [-0.39, 0.29) is 5.29 Å². The Morgan fingerprint density at radius 2 is 2.45 bits per heavy atom. The Morgan fingerprint density at radius 1 is 1.82 bits per heavy atom. The molecule has 0 saturated carbocycles. The second kappa shape index (κ2) is 2.83. The number of halogens is 2. The van der Waals surface area contributed by atoms with Crippen LogP contribution in [0.1, 0.15) is 6.92 Å². The summed E-state index contributed by atoms with van der Waals surface area (Å²) in [5.41, 5.74) is 0.684. The van der Waals surface area contributed by atoms with Gasteiger partial charge in [-0.2, -0.15) is 0 Å². The topological polar surface area (TPSA) is 41.5 Å². The van der Waals surface area contributed by atoms with Gasteiger partial charge < -0.3 is 5.32 Å². The molecule has 1 aliphatic heterocycles. The van der Waals surface area contributed by atoms with E-state index in [9.17, 15) is 4.79 Å². The summed E-state index contributed by atoms with van der Waals surface area (Å²) in [4.78, 5) is 12.5. The summed E-state index contributed by atoms with van der Waals surface area (Å²) in [6.45, 7) is 1.73. The van der Waals surface area contributed by atoms with Crippen molar-refractivity contribution in [3.8, 4) is 0 Å². The fourth-order valence-corrected chi connectivity index (χ4v) is 1.31. The summed E-state index contributed by atoms with van der Waals surface area (Å²) in [5, 5.41) is 2.78. The minimum absolute atomic E-state index is 0.100. The van der Waals surface area contributed by atoms with E-state index < -0.39 is 5.00 Å². The highest BCUT2D eigenvalue weighted by Crippen LogP contribution is 2.21. The number of hydrogen-bond donors (Lipinski definition) is 1. The molecule has 59 valence electrons. The van der Waals surface area contributed by atoms with Gasteiger partial charge in [0, 0.05) is 5.70 Å². The lowest BCUT2D eigenvalue weighted by molar-refractivity contribution is 0.543. The van der Waals surface area contributed by atoms with Crippen LogP contribution >= 0.6 is 23.2 Å². The van der Waals surface area contributed by atoms with E-state index >= 15 is 0 Å². The minimum atomic E-state index is -1.44. The van der Waals surface area contributed by atoms with Crippen LogP contribution in [-0.4, -0.2) is 16.6 Å². The highest BCUT2D eigenvalue weighted by atomic mass is 35.5. The summed E-state index contributed by atoms with van der Waals surface area (Å²) in [6, 6.07) is 0. The first-order valence-corrected chi connectivity index (χ1v) is 3.61. The van der Waals surface area contributed by atoms with Crippen LogP contribution in [0.4, 0.5) is 0 Å². The molecule has 0 aliphatic carbocycles. The molecule has 0 fully saturated rings. The predicted octanol–water partition coefficient (Wildman–Crippen LogP) is 1.13. The van der Waals surface area contributed by atoms with Crippen LogP contribution in [0.25, 0.3) is 0 Å². The van der Waals surface area contributed by atoms with Gasteiger partial charge in [0.1, 0.15) is 0 Å². The molecule has 1 radical (unpaired) electrons. The first kappa shape index (κ1) is 8.56. The summed E-state index contributed by atoms with van der Waals surface area (Å²) >= 11 is 11.1. The van der Waals surface area contributed by atoms with Gasteiger partial charge in [-0.1, -0.05) is 11.6 Å². The van der Waals surface area contributed by atoms with Crippen molar-refractivity contribution >= 4 is 34.8 Å². The Balaban J connectivity index is 2.97. The zero-order chi connectivity index (χ0) is 8.48.